The third-order valence-electron chi connectivity index (χ3n) is 3.26. The lowest BCUT2D eigenvalue weighted by atomic mass is 10.2. The summed E-state index contributed by atoms with van der Waals surface area (Å²) in [5.74, 6) is 1.16. The number of halogens is 1. The average molecular weight is 314 g/mol. The molecule has 0 unspecified atom stereocenters. The molecule has 0 N–H and O–H groups in total. The Bertz CT molecular complexity index is 725. The van der Waals surface area contributed by atoms with E-state index in [2.05, 4.69) is 15.1 Å². The second-order valence-electron chi connectivity index (χ2n) is 5.17. The van der Waals surface area contributed by atoms with Gasteiger partial charge in [0.2, 0.25) is 11.8 Å². The molecule has 3 aromatic rings. The SMILES string of the molecule is CN(Cc1ccc(Cl)cc1)Cc1nnc(-c2ccccc2)o1. The number of nitrogens with zero attached hydrogens (tertiary/aromatic N) is 3. The van der Waals surface area contributed by atoms with Gasteiger partial charge >= 0.3 is 0 Å². The Morgan fingerprint density at radius 3 is 2.41 bits per heavy atom. The summed E-state index contributed by atoms with van der Waals surface area (Å²) in [5.41, 5.74) is 2.12. The topological polar surface area (TPSA) is 42.2 Å². The molecule has 5 heteroatoms. The second-order valence-corrected chi connectivity index (χ2v) is 5.60. The summed E-state index contributed by atoms with van der Waals surface area (Å²) < 4.78 is 5.71. The number of hydrogen-bond acceptors (Lipinski definition) is 4. The molecule has 0 fully saturated rings. The van der Waals surface area contributed by atoms with E-state index in [9.17, 15) is 0 Å². The zero-order chi connectivity index (χ0) is 15.4. The van der Waals surface area contributed by atoms with E-state index in [-0.39, 0.29) is 0 Å². The van der Waals surface area contributed by atoms with Crippen molar-refractivity contribution in [2.45, 2.75) is 13.1 Å². The van der Waals surface area contributed by atoms with Gasteiger partial charge in [-0.25, -0.2) is 0 Å². The zero-order valence-corrected chi connectivity index (χ0v) is 13.0. The van der Waals surface area contributed by atoms with Crippen molar-refractivity contribution >= 4 is 11.6 Å². The fraction of sp³-hybridized carbons (Fsp3) is 0.176. The van der Waals surface area contributed by atoms with Crippen LogP contribution in [0.1, 0.15) is 11.5 Å². The molecule has 0 saturated heterocycles. The van der Waals surface area contributed by atoms with Gasteiger partial charge in [-0.2, -0.15) is 0 Å². The van der Waals surface area contributed by atoms with E-state index in [0.717, 1.165) is 17.1 Å². The van der Waals surface area contributed by atoms with E-state index in [1.165, 1.54) is 5.56 Å². The lowest BCUT2D eigenvalue weighted by molar-refractivity contribution is 0.283. The van der Waals surface area contributed by atoms with E-state index in [1.54, 1.807) is 0 Å². The van der Waals surface area contributed by atoms with Crippen LogP contribution in [-0.4, -0.2) is 22.1 Å². The van der Waals surface area contributed by atoms with E-state index < -0.39 is 0 Å². The first-order valence-electron chi connectivity index (χ1n) is 7.01. The first-order chi connectivity index (χ1) is 10.7. The number of aromatic nitrogens is 2. The summed E-state index contributed by atoms with van der Waals surface area (Å²) in [6.07, 6.45) is 0. The summed E-state index contributed by atoms with van der Waals surface area (Å²) in [6, 6.07) is 17.6. The first-order valence-corrected chi connectivity index (χ1v) is 7.39. The summed E-state index contributed by atoms with van der Waals surface area (Å²) in [4.78, 5) is 2.12. The van der Waals surface area contributed by atoms with Crippen LogP contribution in [0.25, 0.3) is 11.5 Å². The van der Waals surface area contributed by atoms with Crippen LogP contribution < -0.4 is 0 Å². The fourth-order valence-corrected chi connectivity index (χ4v) is 2.33. The van der Waals surface area contributed by atoms with Gasteiger partial charge in [0, 0.05) is 17.1 Å². The zero-order valence-electron chi connectivity index (χ0n) is 12.2. The lowest BCUT2D eigenvalue weighted by Crippen LogP contribution is -2.17. The number of rotatable bonds is 5. The Labute approximate surface area is 134 Å². The summed E-state index contributed by atoms with van der Waals surface area (Å²) in [6.45, 7) is 1.39. The number of hydrogen-bond donors (Lipinski definition) is 0. The molecule has 0 radical (unpaired) electrons. The van der Waals surface area contributed by atoms with Crippen molar-refractivity contribution < 1.29 is 4.42 Å². The maximum Gasteiger partial charge on any atom is 0.247 e. The summed E-state index contributed by atoms with van der Waals surface area (Å²) in [7, 11) is 2.01. The minimum atomic E-state index is 0.551. The van der Waals surface area contributed by atoms with Crippen LogP contribution in [0.4, 0.5) is 0 Å². The van der Waals surface area contributed by atoms with Gasteiger partial charge in [-0.05, 0) is 36.9 Å². The molecule has 1 heterocycles. The fourth-order valence-electron chi connectivity index (χ4n) is 2.20. The molecule has 3 rings (SSSR count). The summed E-state index contributed by atoms with van der Waals surface area (Å²) in [5, 5.41) is 8.95. The maximum absolute atomic E-state index is 5.89. The van der Waals surface area contributed by atoms with Crippen molar-refractivity contribution in [1.29, 1.82) is 0 Å². The molecule has 22 heavy (non-hydrogen) atoms. The maximum atomic E-state index is 5.89. The molecule has 4 nitrogen and oxygen atoms in total. The van der Waals surface area contributed by atoms with Crippen LogP contribution in [0.2, 0.25) is 5.02 Å². The van der Waals surface area contributed by atoms with Crippen molar-refractivity contribution in [1.82, 2.24) is 15.1 Å². The normalized spacial score (nSPS) is 11.0. The molecule has 0 aliphatic carbocycles. The molecule has 0 saturated carbocycles. The predicted octanol–water partition coefficient (Wildman–Crippen LogP) is 4.02. The van der Waals surface area contributed by atoms with Gasteiger partial charge in [-0.3, -0.25) is 4.90 Å². The van der Waals surface area contributed by atoms with Crippen molar-refractivity contribution in [3.05, 3.63) is 71.1 Å². The number of benzene rings is 2. The largest absolute Gasteiger partial charge is 0.419 e. The van der Waals surface area contributed by atoms with Crippen LogP contribution in [0.15, 0.2) is 59.0 Å². The highest BCUT2D eigenvalue weighted by Crippen LogP contribution is 2.18. The minimum Gasteiger partial charge on any atom is -0.419 e. The Hall–Kier alpha value is -2.17. The summed E-state index contributed by atoms with van der Waals surface area (Å²) >= 11 is 5.89. The average Bonchev–Trinajstić information content (AvgIpc) is 2.99. The Balaban J connectivity index is 1.63. The van der Waals surface area contributed by atoms with Crippen molar-refractivity contribution in [3.8, 4) is 11.5 Å². The monoisotopic (exact) mass is 313 g/mol. The van der Waals surface area contributed by atoms with Gasteiger partial charge in [-0.15, -0.1) is 10.2 Å². The van der Waals surface area contributed by atoms with Crippen LogP contribution >= 0.6 is 11.6 Å². The Morgan fingerprint density at radius 2 is 1.68 bits per heavy atom. The molecular formula is C17H16ClN3O. The molecule has 1 aromatic heterocycles. The Morgan fingerprint density at radius 1 is 0.955 bits per heavy atom. The minimum absolute atomic E-state index is 0.551. The molecular weight excluding hydrogens is 298 g/mol. The molecule has 112 valence electrons. The van der Waals surface area contributed by atoms with Gasteiger partial charge in [0.25, 0.3) is 0 Å². The molecule has 0 bridgehead atoms. The van der Waals surface area contributed by atoms with Gasteiger partial charge < -0.3 is 4.42 Å². The molecule has 0 amide bonds. The van der Waals surface area contributed by atoms with E-state index >= 15 is 0 Å². The highest BCUT2D eigenvalue weighted by molar-refractivity contribution is 6.30. The molecule has 0 spiro atoms. The van der Waals surface area contributed by atoms with Crippen LogP contribution in [0.3, 0.4) is 0 Å². The van der Waals surface area contributed by atoms with Gasteiger partial charge in [0.1, 0.15) is 0 Å². The van der Waals surface area contributed by atoms with Gasteiger partial charge in [0.05, 0.1) is 6.54 Å². The van der Waals surface area contributed by atoms with Crippen LogP contribution in [-0.2, 0) is 13.1 Å². The lowest BCUT2D eigenvalue weighted by Gasteiger charge is -2.14. The first kappa shape index (κ1) is 14.8. The molecule has 0 aliphatic heterocycles. The van der Waals surface area contributed by atoms with Gasteiger partial charge in [0.15, 0.2) is 0 Å². The highest BCUT2D eigenvalue weighted by Gasteiger charge is 2.10. The van der Waals surface area contributed by atoms with E-state index in [1.807, 2.05) is 61.6 Å². The predicted molar refractivity (Wildman–Crippen MR) is 86.4 cm³/mol. The van der Waals surface area contributed by atoms with Crippen molar-refractivity contribution in [3.63, 3.8) is 0 Å². The second kappa shape index (κ2) is 6.73. The molecule has 0 aliphatic rings. The molecule has 2 aromatic carbocycles. The van der Waals surface area contributed by atoms with Gasteiger partial charge in [-0.1, -0.05) is 41.9 Å². The third kappa shape index (κ3) is 3.72. The third-order valence-corrected chi connectivity index (χ3v) is 3.51. The molecule has 0 atom stereocenters. The van der Waals surface area contributed by atoms with Crippen molar-refractivity contribution in [2.75, 3.05) is 7.05 Å². The van der Waals surface area contributed by atoms with Crippen LogP contribution in [0.5, 0.6) is 0 Å². The quantitative estimate of drug-likeness (QED) is 0.713. The van der Waals surface area contributed by atoms with Crippen molar-refractivity contribution in [2.24, 2.45) is 0 Å². The highest BCUT2D eigenvalue weighted by atomic mass is 35.5. The van der Waals surface area contributed by atoms with E-state index in [0.29, 0.717) is 18.3 Å². The Kier molecular flexibility index (Phi) is 4.51. The smallest absolute Gasteiger partial charge is 0.247 e. The van der Waals surface area contributed by atoms with E-state index in [4.69, 9.17) is 16.0 Å². The standard InChI is InChI=1S/C17H16ClN3O/c1-21(11-13-7-9-15(18)10-8-13)12-16-19-20-17(22-16)14-5-3-2-4-6-14/h2-10H,11-12H2,1H3. The van der Waals surface area contributed by atoms with Crippen LogP contribution in [0, 0.1) is 0 Å².